The van der Waals surface area contributed by atoms with Crippen molar-refractivity contribution in [3.63, 3.8) is 0 Å². The fraction of sp³-hybridized carbons (Fsp3) is 0.238. The van der Waals surface area contributed by atoms with Crippen molar-refractivity contribution < 1.29 is 19.4 Å². The highest BCUT2D eigenvalue weighted by molar-refractivity contribution is 9.10. The van der Waals surface area contributed by atoms with Gasteiger partial charge in [-0.05, 0) is 70.2 Å². The minimum Gasteiger partial charge on any atom is -0.481 e. The van der Waals surface area contributed by atoms with E-state index in [1.165, 1.54) is 5.56 Å². The van der Waals surface area contributed by atoms with E-state index in [4.69, 9.17) is 9.84 Å². The number of hydrogen-bond acceptors (Lipinski definition) is 3. The highest BCUT2D eigenvalue weighted by Crippen LogP contribution is 2.37. The average molecular weight is 445 g/mol. The van der Waals surface area contributed by atoms with Gasteiger partial charge in [0, 0.05) is 22.8 Å². The zero-order valence-electron chi connectivity index (χ0n) is 15.8. The van der Waals surface area contributed by atoms with E-state index in [9.17, 15) is 9.59 Å². The van der Waals surface area contributed by atoms with Crippen LogP contribution in [-0.2, 0) is 9.59 Å². The van der Waals surface area contributed by atoms with Gasteiger partial charge in [0.2, 0.25) is 5.91 Å². The number of benzene rings is 2. The Morgan fingerprint density at radius 3 is 2.64 bits per heavy atom. The predicted molar refractivity (Wildman–Crippen MR) is 112 cm³/mol. The molecule has 6 nitrogen and oxygen atoms in total. The Morgan fingerprint density at radius 2 is 2.00 bits per heavy atom. The van der Waals surface area contributed by atoms with E-state index in [0.29, 0.717) is 27.6 Å². The number of carbonyl (C=O) groups excluding carboxylic acids is 1. The lowest BCUT2D eigenvalue weighted by atomic mass is 10.0. The van der Waals surface area contributed by atoms with Crippen molar-refractivity contribution in [2.75, 3.05) is 5.32 Å². The van der Waals surface area contributed by atoms with Gasteiger partial charge in [-0.25, -0.2) is 0 Å². The number of halogens is 1. The molecule has 0 atom stereocenters. The lowest BCUT2D eigenvalue weighted by molar-refractivity contribution is -0.139. The average Bonchev–Trinajstić information content (AvgIpc) is 3.00. The summed E-state index contributed by atoms with van der Waals surface area (Å²) in [5.74, 6) is -0.00963. The van der Waals surface area contributed by atoms with Gasteiger partial charge in [0.25, 0.3) is 0 Å². The van der Waals surface area contributed by atoms with E-state index >= 15 is 0 Å². The molecule has 0 unspecified atom stereocenters. The molecule has 1 heterocycles. The molecule has 0 aliphatic heterocycles. The third kappa shape index (κ3) is 4.36. The predicted octanol–water partition coefficient (Wildman–Crippen LogP) is 5.57. The minimum atomic E-state index is -1.17. The molecule has 1 aromatic heterocycles. The highest BCUT2D eigenvalue weighted by atomic mass is 79.9. The molecule has 146 valence electrons. The van der Waals surface area contributed by atoms with Crippen LogP contribution in [0, 0.1) is 6.92 Å². The number of aromatic amines is 1. The fourth-order valence-corrected chi connectivity index (χ4v) is 3.70. The van der Waals surface area contributed by atoms with Gasteiger partial charge in [-0.1, -0.05) is 13.8 Å². The quantitative estimate of drug-likeness (QED) is 0.433. The van der Waals surface area contributed by atoms with Gasteiger partial charge in [0.05, 0.1) is 4.47 Å². The highest BCUT2D eigenvalue weighted by Gasteiger charge is 2.14. The van der Waals surface area contributed by atoms with Crippen LogP contribution in [0.3, 0.4) is 0 Å². The van der Waals surface area contributed by atoms with Gasteiger partial charge in [0.15, 0.2) is 0 Å². The normalized spacial score (nSPS) is 11.0. The number of aromatic nitrogens is 1. The van der Waals surface area contributed by atoms with Gasteiger partial charge in [-0.15, -0.1) is 0 Å². The van der Waals surface area contributed by atoms with Crippen molar-refractivity contribution in [3.05, 3.63) is 52.1 Å². The van der Waals surface area contributed by atoms with Crippen LogP contribution in [-0.4, -0.2) is 22.0 Å². The smallest absolute Gasteiger partial charge is 0.312 e. The summed E-state index contributed by atoms with van der Waals surface area (Å²) in [5.41, 5.74) is 3.60. The number of hydrogen-bond donors (Lipinski definition) is 3. The second-order valence-electron chi connectivity index (χ2n) is 6.93. The largest absolute Gasteiger partial charge is 0.481 e. The Balaban J connectivity index is 1.86. The molecule has 0 saturated heterocycles. The van der Waals surface area contributed by atoms with E-state index in [2.05, 4.69) is 40.1 Å². The monoisotopic (exact) mass is 444 g/mol. The van der Waals surface area contributed by atoms with Crippen LogP contribution < -0.4 is 10.1 Å². The fourth-order valence-electron chi connectivity index (χ4n) is 3.06. The van der Waals surface area contributed by atoms with E-state index in [1.54, 1.807) is 12.1 Å². The number of ether oxygens (including phenoxy) is 1. The molecule has 0 aliphatic carbocycles. The number of carboxylic acids is 1. The molecule has 3 aromatic rings. The maximum absolute atomic E-state index is 11.7. The first-order chi connectivity index (χ1) is 13.2. The summed E-state index contributed by atoms with van der Waals surface area (Å²) < 4.78 is 6.77. The van der Waals surface area contributed by atoms with E-state index < -0.39 is 18.3 Å². The molecule has 0 radical (unpaired) electrons. The van der Waals surface area contributed by atoms with Crippen LogP contribution in [0.2, 0.25) is 0 Å². The molecule has 7 heteroatoms. The molecule has 0 spiro atoms. The molecule has 1 amide bonds. The maximum Gasteiger partial charge on any atom is 0.312 e. The molecule has 0 saturated carbocycles. The van der Waals surface area contributed by atoms with Crippen LogP contribution in [0.1, 0.15) is 37.3 Å². The van der Waals surface area contributed by atoms with Gasteiger partial charge in [0.1, 0.15) is 17.9 Å². The molecule has 2 aromatic carbocycles. The van der Waals surface area contributed by atoms with Gasteiger partial charge >= 0.3 is 5.97 Å². The van der Waals surface area contributed by atoms with Crippen molar-refractivity contribution in [2.45, 2.75) is 33.1 Å². The molecular weight excluding hydrogens is 424 g/mol. The number of H-pyrrole nitrogens is 1. The first-order valence-corrected chi connectivity index (χ1v) is 9.64. The topological polar surface area (TPSA) is 91.4 Å². The Hall–Kier alpha value is -2.80. The van der Waals surface area contributed by atoms with Gasteiger partial charge < -0.3 is 20.1 Å². The van der Waals surface area contributed by atoms with Gasteiger partial charge in [-0.3, -0.25) is 9.59 Å². The number of rotatable bonds is 6. The van der Waals surface area contributed by atoms with Crippen LogP contribution in [0.5, 0.6) is 11.5 Å². The summed E-state index contributed by atoms with van der Waals surface area (Å²) in [7, 11) is 0. The van der Waals surface area contributed by atoms with Crippen molar-refractivity contribution in [1.29, 1.82) is 0 Å². The summed E-state index contributed by atoms with van der Waals surface area (Å²) >= 11 is 3.48. The van der Waals surface area contributed by atoms with Crippen molar-refractivity contribution in [1.82, 2.24) is 4.98 Å². The lowest BCUT2D eigenvalue weighted by Crippen LogP contribution is -2.16. The number of aliphatic carboxylic acids is 1. The van der Waals surface area contributed by atoms with Crippen molar-refractivity contribution in [2.24, 2.45) is 0 Å². The number of fused-ring (bicyclic) bond motifs is 1. The molecular formula is C21H21BrN2O4. The Labute approximate surface area is 171 Å². The van der Waals surface area contributed by atoms with Crippen LogP contribution in [0.25, 0.3) is 10.9 Å². The Kier molecular flexibility index (Phi) is 5.74. The first-order valence-electron chi connectivity index (χ1n) is 8.85. The minimum absolute atomic E-state index is 0.395. The summed E-state index contributed by atoms with van der Waals surface area (Å²) in [6.07, 6.45) is 1.44. The first kappa shape index (κ1) is 19.9. The van der Waals surface area contributed by atoms with E-state index in [-0.39, 0.29) is 0 Å². The zero-order chi connectivity index (χ0) is 20.4. The zero-order valence-corrected chi connectivity index (χ0v) is 17.4. The van der Waals surface area contributed by atoms with Gasteiger partial charge in [-0.2, -0.15) is 0 Å². The van der Waals surface area contributed by atoms with Crippen LogP contribution in [0.4, 0.5) is 5.69 Å². The van der Waals surface area contributed by atoms with Crippen molar-refractivity contribution >= 4 is 44.4 Å². The number of aryl methyl sites for hydroxylation is 1. The Bertz CT molecular complexity index is 1030. The van der Waals surface area contributed by atoms with E-state index in [1.807, 2.05) is 31.3 Å². The number of nitrogens with one attached hydrogen (secondary N) is 2. The van der Waals surface area contributed by atoms with Crippen LogP contribution in [0.15, 0.2) is 41.0 Å². The number of carbonyl (C=O) groups is 2. The standard InChI is InChI=1S/C21H21BrN2O4/c1-11(2)16-10-23-18-5-4-14(8-15(16)18)28-21-12(3)6-13(7-17(21)22)24-19(25)9-20(26)27/h4-8,10-11,23H,9H2,1-3H3,(H,24,25)(H,26,27). The molecule has 0 fully saturated rings. The molecule has 0 aliphatic rings. The summed E-state index contributed by atoms with van der Waals surface area (Å²) in [4.78, 5) is 25.6. The third-order valence-corrected chi connectivity index (χ3v) is 4.94. The Morgan fingerprint density at radius 1 is 1.25 bits per heavy atom. The number of amides is 1. The molecule has 3 rings (SSSR count). The van der Waals surface area contributed by atoms with Crippen molar-refractivity contribution in [3.8, 4) is 11.5 Å². The molecule has 0 bridgehead atoms. The summed E-state index contributed by atoms with van der Waals surface area (Å²) in [6.45, 7) is 6.16. The summed E-state index contributed by atoms with van der Waals surface area (Å²) in [5, 5.41) is 12.4. The SMILES string of the molecule is Cc1cc(NC(=O)CC(=O)O)cc(Br)c1Oc1ccc2[nH]cc(C(C)C)c2c1. The lowest BCUT2D eigenvalue weighted by Gasteiger charge is -2.14. The number of carboxylic acid groups (broad SMARTS) is 1. The van der Waals surface area contributed by atoms with E-state index in [0.717, 1.165) is 16.5 Å². The third-order valence-electron chi connectivity index (χ3n) is 4.35. The van der Waals surface area contributed by atoms with Crippen LogP contribution >= 0.6 is 15.9 Å². The molecule has 3 N–H and O–H groups in total. The second-order valence-corrected chi connectivity index (χ2v) is 7.79. The maximum atomic E-state index is 11.7. The number of anilines is 1. The second kappa shape index (κ2) is 8.06. The molecule has 28 heavy (non-hydrogen) atoms. The summed E-state index contributed by atoms with van der Waals surface area (Å²) in [6, 6.07) is 9.33.